The molecule has 0 spiro atoms. The van der Waals surface area contributed by atoms with Crippen molar-refractivity contribution < 1.29 is 22.6 Å². The lowest BCUT2D eigenvalue weighted by Gasteiger charge is -2.15. The molecule has 0 unspecified atom stereocenters. The molecule has 1 aromatic heterocycles. The van der Waals surface area contributed by atoms with Crippen molar-refractivity contribution in [3.63, 3.8) is 0 Å². The molecule has 2 N–H and O–H groups in total. The maximum atomic E-state index is 13.3. The maximum Gasteiger partial charge on any atom is 0.420 e. The molecule has 0 amide bonds. The van der Waals surface area contributed by atoms with Crippen molar-refractivity contribution in [2.24, 2.45) is 0 Å². The molecule has 3 rings (SSSR count). The molecule has 0 saturated heterocycles. The van der Waals surface area contributed by atoms with Crippen LogP contribution in [0.3, 0.4) is 0 Å². The van der Waals surface area contributed by atoms with Gasteiger partial charge in [-0.25, -0.2) is 0 Å². The quantitative estimate of drug-likeness (QED) is 0.508. The van der Waals surface area contributed by atoms with Gasteiger partial charge in [-0.2, -0.15) is 13.2 Å². The van der Waals surface area contributed by atoms with E-state index >= 15 is 0 Å². The van der Waals surface area contributed by atoms with Gasteiger partial charge in [-0.15, -0.1) is 0 Å². The Morgan fingerprint density at radius 3 is 2.04 bits per heavy atom. The number of ether oxygens (including phenoxy) is 2. The van der Waals surface area contributed by atoms with Crippen LogP contribution in [0.15, 0.2) is 46.0 Å². The van der Waals surface area contributed by atoms with Crippen molar-refractivity contribution in [1.82, 2.24) is 9.97 Å². The lowest BCUT2D eigenvalue weighted by atomic mass is 10.1. The zero-order chi connectivity index (χ0) is 19.6. The molecule has 0 atom stereocenters. The third kappa shape index (κ3) is 4.43. The van der Waals surface area contributed by atoms with Gasteiger partial charge >= 0.3 is 17.3 Å². The molecule has 0 aliphatic rings. The van der Waals surface area contributed by atoms with Gasteiger partial charge in [0.25, 0.3) is 0 Å². The van der Waals surface area contributed by atoms with Gasteiger partial charge in [0.1, 0.15) is 24.7 Å². The van der Waals surface area contributed by atoms with Crippen LogP contribution in [0.2, 0.25) is 5.02 Å². The fraction of sp³-hybridized carbons (Fsp3) is 0.176. The molecule has 0 fully saturated rings. The van der Waals surface area contributed by atoms with Crippen molar-refractivity contribution in [1.29, 1.82) is 0 Å². The van der Waals surface area contributed by atoms with Crippen LogP contribution >= 0.6 is 11.6 Å². The average molecular weight is 401 g/mol. The van der Waals surface area contributed by atoms with E-state index in [2.05, 4.69) is 9.97 Å². The molecule has 0 aliphatic heterocycles. The first-order chi connectivity index (χ1) is 12.7. The Morgan fingerprint density at radius 1 is 0.889 bits per heavy atom. The summed E-state index contributed by atoms with van der Waals surface area (Å²) in [5, 5.41) is 0.525. The minimum Gasteiger partial charge on any atom is -0.490 e. The van der Waals surface area contributed by atoms with Crippen molar-refractivity contribution in [2.75, 3.05) is 13.2 Å². The third-order valence-electron chi connectivity index (χ3n) is 3.55. The monoisotopic (exact) mass is 400 g/mol. The van der Waals surface area contributed by atoms with Gasteiger partial charge in [-0.1, -0.05) is 11.6 Å². The number of halogens is 4. The second-order valence-electron chi connectivity index (χ2n) is 5.45. The Hall–Kier alpha value is -2.94. The minimum atomic E-state index is -4.71. The molecule has 0 radical (unpaired) electrons. The predicted molar refractivity (Wildman–Crippen MR) is 92.6 cm³/mol. The van der Waals surface area contributed by atoms with E-state index in [0.29, 0.717) is 16.8 Å². The summed E-state index contributed by atoms with van der Waals surface area (Å²) in [5.74, 6) is -0.00290. The smallest absolute Gasteiger partial charge is 0.420 e. The number of aromatic amines is 2. The molecule has 27 heavy (non-hydrogen) atoms. The molecule has 1 heterocycles. The Bertz CT molecular complexity index is 1070. The maximum absolute atomic E-state index is 13.3. The molecule has 3 aromatic rings. The van der Waals surface area contributed by atoms with Crippen LogP contribution in [0.25, 0.3) is 11.0 Å². The highest BCUT2D eigenvalue weighted by Crippen LogP contribution is 2.37. The van der Waals surface area contributed by atoms with E-state index in [0.717, 1.165) is 6.07 Å². The summed E-state index contributed by atoms with van der Waals surface area (Å²) in [6.07, 6.45) is -4.71. The Kier molecular flexibility index (Phi) is 5.13. The van der Waals surface area contributed by atoms with Gasteiger partial charge in [0, 0.05) is 11.1 Å². The molecule has 6 nitrogen and oxygen atoms in total. The fourth-order valence-corrected chi connectivity index (χ4v) is 2.45. The summed E-state index contributed by atoms with van der Waals surface area (Å²) in [7, 11) is 0. The summed E-state index contributed by atoms with van der Waals surface area (Å²) < 4.78 is 50.4. The third-order valence-corrected chi connectivity index (χ3v) is 3.80. The first kappa shape index (κ1) is 18.8. The number of rotatable bonds is 5. The Morgan fingerprint density at radius 2 is 1.44 bits per heavy atom. The minimum absolute atomic E-state index is 0.0148. The number of aromatic nitrogens is 2. The van der Waals surface area contributed by atoms with Crippen molar-refractivity contribution in [3.05, 3.63) is 67.7 Å². The van der Waals surface area contributed by atoms with Crippen LogP contribution in [0.1, 0.15) is 5.56 Å². The van der Waals surface area contributed by atoms with Gasteiger partial charge in [-0.3, -0.25) is 9.59 Å². The van der Waals surface area contributed by atoms with E-state index in [1.54, 1.807) is 24.3 Å². The van der Waals surface area contributed by atoms with E-state index in [1.807, 2.05) is 0 Å². The number of hydrogen-bond acceptors (Lipinski definition) is 4. The van der Waals surface area contributed by atoms with Crippen molar-refractivity contribution in [2.45, 2.75) is 6.18 Å². The number of alkyl halides is 3. The van der Waals surface area contributed by atoms with Crippen LogP contribution in [-0.4, -0.2) is 23.2 Å². The SMILES string of the molecule is O=c1[nH]c2cc(OCCOc3ccc(Cl)cc3)c(C(F)(F)F)cc2[nH]c1=O. The zero-order valence-corrected chi connectivity index (χ0v) is 14.3. The number of fused-ring (bicyclic) bond motifs is 1. The summed E-state index contributed by atoms with van der Waals surface area (Å²) in [4.78, 5) is 27.0. The first-order valence-electron chi connectivity index (χ1n) is 7.63. The average Bonchev–Trinajstić information content (AvgIpc) is 2.60. The van der Waals surface area contributed by atoms with Crippen LogP contribution < -0.4 is 20.6 Å². The number of nitrogens with one attached hydrogen (secondary N) is 2. The van der Waals surface area contributed by atoms with Gasteiger partial charge in [-0.05, 0) is 30.3 Å². The molecule has 2 aromatic carbocycles. The fourth-order valence-electron chi connectivity index (χ4n) is 2.33. The van der Waals surface area contributed by atoms with Crippen molar-refractivity contribution in [3.8, 4) is 11.5 Å². The van der Waals surface area contributed by atoms with Gasteiger partial charge in [0.15, 0.2) is 0 Å². The van der Waals surface area contributed by atoms with Crippen LogP contribution in [0.5, 0.6) is 11.5 Å². The van der Waals surface area contributed by atoms with Crippen molar-refractivity contribution >= 4 is 22.6 Å². The van der Waals surface area contributed by atoms with E-state index in [1.165, 1.54) is 0 Å². The van der Waals surface area contributed by atoms with Crippen LogP contribution in [0, 0.1) is 0 Å². The summed E-state index contributed by atoms with van der Waals surface area (Å²) in [5.41, 5.74) is -3.23. The predicted octanol–water partition coefficient (Wildman–Crippen LogP) is 3.35. The lowest BCUT2D eigenvalue weighted by molar-refractivity contribution is -0.138. The van der Waals surface area contributed by atoms with Gasteiger partial charge < -0.3 is 19.4 Å². The van der Waals surface area contributed by atoms with Crippen LogP contribution in [0.4, 0.5) is 13.2 Å². The van der Waals surface area contributed by atoms with E-state index in [4.69, 9.17) is 21.1 Å². The summed E-state index contributed by atoms with van der Waals surface area (Å²) in [6.45, 7) is -0.191. The number of benzene rings is 2. The van der Waals surface area contributed by atoms with E-state index < -0.39 is 28.6 Å². The molecular weight excluding hydrogens is 389 g/mol. The highest BCUT2D eigenvalue weighted by atomic mass is 35.5. The molecule has 0 saturated carbocycles. The first-order valence-corrected chi connectivity index (χ1v) is 8.00. The van der Waals surface area contributed by atoms with E-state index in [9.17, 15) is 22.8 Å². The summed E-state index contributed by atoms with van der Waals surface area (Å²) >= 11 is 5.75. The molecular formula is C17H12ClF3N2O4. The zero-order valence-electron chi connectivity index (χ0n) is 13.5. The van der Waals surface area contributed by atoms with E-state index in [-0.39, 0.29) is 24.2 Å². The highest BCUT2D eigenvalue weighted by molar-refractivity contribution is 6.30. The second-order valence-corrected chi connectivity index (χ2v) is 5.89. The second kappa shape index (κ2) is 7.36. The molecule has 0 aliphatic carbocycles. The number of hydrogen-bond donors (Lipinski definition) is 2. The van der Waals surface area contributed by atoms with Gasteiger partial charge in [0.05, 0.1) is 16.6 Å². The summed E-state index contributed by atoms with van der Waals surface area (Å²) in [6, 6.07) is 8.17. The molecule has 142 valence electrons. The largest absolute Gasteiger partial charge is 0.490 e. The topological polar surface area (TPSA) is 84.2 Å². The Labute approximate surface area is 154 Å². The lowest BCUT2D eigenvalue weighted by Crippen LogP contribution is -2.29. The molecule has 10 heteroatoms. The standard InChI is InChI=1S/C17H12ClF3N2O4/c18-9-1-3-10(4-2-9)26-5-6-27-14-8-13-12(7-11(14)17(19,20)21)22-15(24)16(25)23-13/h1-4,7-8H,5-6H2,(H,22,24)(H,23,25). The van der Waals surface area contributed by atoms with Crippen LogP contribution in [-0.2, 0) is 6.18 Å². The normalized spacial score (nSPS) is 11.6. The Balaban J connectivity index is 1.81. The highest BCUT2D eigenvalue weighted by Gasteiger charge is 2.35. The number of H-pyrrole nitrogens is 2. The molecule has 0 bridgehead atoms. The van der Waals surface area contributed by atoms with Gasteiger partial charge in [0.2, 0.25) is 0 Å².